The van der Waals surface area contributed by atoms with Crippen molar-refractivity contribution >= 4 is 23.1 Å². The van der Waals surface area contributed by atoms with E-state index in [-0.39, 0.29) is 11.4 Å². The van der Waals surface area contributed by atoms with Crippen LogP contribution in [0.3, 0.4) is 0 Å². The quantitative estimate of drug-likeness (QED) is 0.908. The second kappa shape index (κ2) is 5.91. The van der Waals surface area contributed by atoms with Gasteiger partial charge in [0.15, 0.2) is 0 Å². The molecule has 0 unspecified atom stereocenters. The number of hydrogen-bond acceptors (Lipinski definition) is 5. The third-order valence-electron chi connectivity index (χ3n) is 2.79. The van der Waals surface area contributed by atoms with Gasteiger partial charge >= 0.3 is 0 Å². The van der Waals surface area contributed by atoms with Crippen molar-refractivity contribution in [2.75, 3.05) is 0 Å². The fourth-order valence-corrected chi connectivity index (χ4v) is 3.03. The Kier molecular flexibility index (Phi) is 4.48. The van der Waals surface area contributed by atoms with Crippen molar-refractivity contribution in [2.45, 2.75) is 37.9 Å². The summed E-state index contributed by atoms with van der Waals surface area (Å²) in [6.07, 6.45) is -0.307. The van der Waals surface area contributed by atoms with Crippen LogP contribution in [0, 0.1) is 6.92 Å². The van der Waals surface area contributed by atoms with Crippen LogP contribution in [-0.2, 0) is 5.75 Å². The van der Waals surface area contributed by atoms with Crippen LogP contribution >= 0.6 is 23.1 Å². The van der Waals surface area contributed by atoms with E-state index >= 15 is 0 Å². The number of aliphatic hydroxyl groups excluding tert-OH is 1. The van der Waals surface area contributed by atoms with Crippen molar-refractivity contribution in [1.82, 2.24) is 4.98 Å². The van der Waals surface area contributed by atoms with Crippen LogP contribution in [0.1, 0.15) is 25.3 Å². The molecule has 0 radical (unpaired) electrons. The largest absolute Gasteiger partial charge is 0.440 e. The smallest absolute Gasteiger partial charge is 0.236 e. The van der Waals surface area contributed by atoms with E-state index in [1.54, 1.807) is 23.1 Å². The maximum absolute atomic E-state index is 9.46. The molecule has 1 N–H and O–H groups in total. The summed E-state index contributed by atoms with van der Waals surface area (Å²) in [5.74, 6) is 2.33. The van der Waals surface area contributed by atoms with Crippen LogP contribution in [0.4, 0.5) is 0 Å². The molecule has 5 heteroatoms. The molecule has 2 rings (SSSR count). The fraction of sp³-hybridized carbons (Fsp3) is 0.462. The van der Waals surface area contributed by atoms with Crippen molar-refractivity contribution in [1.29, 1.82) is 0 Å². The second-order valence-electron chi connectivity index (χ2n) is 4.26. The van der Waals surface area contributed by atoms with Gasteiger partial charge in [0.05, 0.1) is 16.7 Å². The Labute approximate surface area is 115 Å². The predicted octanol–water partition coefficient (Wildman–Crippen LogP) is 3.71. The van der Waals surface area contributed by atoms with E-state index < -0.39 is 0 Å². The lowest BCUT2D eigenvalue weighted by Crippen LogP contribution is -2.15. The van der Waals surface area contributed by atoms with Crippen molar-refractivity contribution in [3.63, 3.8) is 0 Å². The van der Waals surface area contributed by atoms with Gasteiger partial charge in [-0.3, -0.25) is 0 Å². The SMILES string of the molecule is Cc1oc(-c2cccs2)nc1CS[C@H](C)[C@@H](C)O. The van der Waals surface area contributed by atoms with Gasteiger partial charge in [-0.25, -0.2) is 4.98 Å². The third kappa shape index (κ3) is 3.16. The molecular weight excluding hydrogens is 266 g/mol. The maximum atomic E-state index is 9.46. The summed E-state index contributed by atoms with van der Waals surface area (Å²) in [7, 11) is 0. The number of aliphatic hydroxyl groups is 1. The summed E-state index contributed by atoms with van der Waals surface area (Å²) in [6, 6.07) is 3.99. The number of nitrogens with zero attached hydrogens (tertiary/aromatic N) is 1. The predicted molar refractivity (Wildman–Crippen MR) is 77.0 cm³/mol. The Morgan fingerprint density at radius 2 is 2.28 bits per heavy atom. The average Bonchev–Trinajstić information content (AvgIpc) is 2.94. The van der Waals surface area contributed by atoms with Gasteiger partial charge in [-0.05, 0) is 25.3 Å². The molecule has 0 saturated carbocycles. The highest BCUT2D eigenvalue weighted by Crippen LogP contribution is 2.28. The van der Waals surface area contributed by atoms with E-state index in [1.807, 2.05) is 38.3 Å². The third-order valence-corrected chi connectivity index (χ3v) is 5.00. The average molecular weight is 283 g/mol. The molecule has 0 aliphatic heterocycles. The number of aryl methyl sites for hydroxylation is 1. The molecule has 0 bridgehead atoms. The van der Waals surface area contributed by atoms with Gasteiger partial charge in [-0.15, -0.1) is 23.1 Å². The van der Waals surface area contributed by atoms with E-state index in [0.29, 0.717) is 5.89 Å². The van der Waals surface area contributed by atoms with Crippen LogP contribution in [0.2, 0.25) is 0 Å². The number of rotatable bonds is 5. The highest BCUT2D eigenvalue weighted by atomic mass is 32.2. The van der Waals surface area contributed by atoms with Crippen LogP contribution < -0.4 is 0 Å². The minimum absolute atomic E-state index is 0.200. The first-order chi connectivity index (χ1) is 8.58. The molecule has 3 nitrogen and oxygen atoms in total. The first-order valence-corrected chi connectivity index (χ1v) is 7.80. The minimum atomic E-state index is -0.307. The number of thiophene rings is 1. The molecule has 2 heterocycles. The lowest BCUT2D eigenvalue weighted by Gasteiger charge is -2.12. The molecule has 2 atom stereocenters. The highest BCUT2D eigenvalue weighted by Gasteiger charge is 2.15. The zero-order chi connectivity index (χ0) is 13.1. The van der Waals surface area contributed by atoms with Crippen LogP contribution in [0.5, 0.6) is 0 Å². The second-order valence-corrected chi connectivity index (χ2v) is 6.57. The van der Waals surface area contributed by atoms with Crippen molar-refractivity contribution in [3.05, 3.63) is 29.0 Å². The van der Waals surface area contributed by atoms with Crippen molar-refractivity contribution in [3.8, 4) is 10.8 Å². The van der Waals surface area contributed by atoms with Crippen LogP contribution in [0.15, 0.2) is 21.9 Å². The molecule has 0 amide bonds. The molecule has 0 aromatic carbocycles. The topological polar surface area (TPSA) is 46.3 Å². The summed E-state index contributed by atoms with van der Waals surface area (Å²) in [5.41, 5.74) is 0.968. The Morgan fingerprint density at radius 3 is 2.89 bits per heavy atom. The summed E-state index contributed by atoms with van der Waals surface area (Å²) < 4.78 is 5.68. The minimum Gasteiger partial charge on any atom is -0.440 e. The van der Waals surface area contributed by atoms with Gasteiger partial charge in [0, 0.05) is 11.0 Å². The molecule has 2 aromatic rings. The van der Waals surface area contributed by atoms with E-state index in [9.17, 15) is 5.11 Å². The standard InChI is InChI=1S/C13H17NO2S2/c1-8(15)10(3)18-7-11-9(2)16-13(14-11)12-5-4-6-17-12/h4-6,8,10,15H,7H2,1-3H3/t8-,10-/m1/s1. The first-order valence-electron chi connectivity index (χ1n) is 5.87. The van der Waals surface area contributed by atoms with Gasteiger partial charge in [-0.2, -0.15) is 0 Å². The fourth-order valence-electron chi connectivity index (χ4n) is 1.42. The Bertz CT molecular complexity index is 491. The molecule has 0 fully saturated rings. The van der Waals surface area contributed by atoms with Crippen LogP contribution in [0.25, 0.3) is 10.8 Å². The Balaban J connectivity index is 2.06. The summed E-state index contributed by atoms with van der Waals surface area (Å²) >= 11 is 3.32. The first kappa shape index (κ1) is 13.6. The molecule has 0 spiro atoms. The van der Waals surface area contributed by atoms with Crippen molar-refractivity contribution < 1.29 is 9.52 Å². The lowest BCUT2D eigenvalue weighted by atomic mass is 10.3. The van der Waals surface area contributed by atoms with Gasteiger partial charge in [0.2, 0.25) is 5.89 Å². The molecule has 0 saturated heterocycles. The van der Waals surface area contributed by atoms with Crippen LogP contribution in [-0.4, -0.2) is 21.4 Å². The number of hydrogen-bond donors (Lipinski definition) is 1. The summed E-state index contributed by atoms with van der Waals surface area (Å²) in [5, 5.41) is 11.7. The van der Waals surface area contributed by atoms with Gasteiger partial charge in [0.25, 0.3) is 0 Å². The number of oxazole rings is 1. The summed E-state index contributed by atoms with van der Waals surface area (Å²) in [4.78, 5) is 5.58. The summed E-state index contributed by atoms with van der Waals surface area (Å²) in [6.45, 7) is 5.77. The Hall–Kier alpha value is -0.780. The highest BCUT2D eigenvalue weighted by molar-refractivity contribution is 7.99. The van der Waals surface area contributed by atoms with Gasteiger partial charge in [0.1, 0.15) is 5.76 Å². The molecule has 0 aliphatic carbocycles. The number of aromatic nitrogens is 1. The van der Waals surface area contributed by atoms with E-state index in [0.717, 1.165) is 22.1 Å². The molecule has 0 aliphatic rings. The zero-order valence-corrected chi connectivity index (χ0v) is 12.3. The van der Waals surface area contributed by atoms with E-state index in [2.05, 4.69) is 4.98 Å². The number of thioether (sulfide) groups is 1. The van der Waals surface area contributed by atoms with E-state index in [4.69, 9.17) is 4.42 Å². The van der Waals surface area contributed by atoms with Gasteiger partial charge < -0.3 is 9.52 Å². The molecule has 2 aromatic heterocycles. The molecule has 18 heavy (non-hydrogen) atoms. The lowest BCUT2D eigenvalue weighted by molar-refractivity contribution is 0.196. The monoisotopic (exact) mass is 283 g/mol. The molecule has 98 valence electrons. The normalized spacial score (nSPS) is 14.7. The van der Waals surface area contributed by atoms with Crippen molar-refractivity contribution in [2.24, 2.45) is 0 Å². The Morgan fingerprint density at radius 1 is 1.50 bits per heavy atom. The van der Waals surface area contributed by atoms with Gasteiger partial charge in [-0.1, -0.05) is 13.0 Å². The maximum Gasteiger partial charge on any atom is 0.236 e. The zero-order valence-electron chi connectivity index (χ0n) is 10.7. The molecular formula is C13H17NO2S2. The van der Waals surface area contributed by atoms with E-state index in [1.165, 1.54) is 0 Å².